The molecule has 1 unspecified atom stereocenters. The van der Waals surface area contributed by atoms with Gasteiger partial charge in [-0.05, 0) is 18.4 Å². The van der Waals surface area contributed by atoms with Crippen molar-refractivity contribution in [1.29, 1.82) is 0 Å². The third kappa shape index (κ3) is 3.01. The van der Waals surface area contributed by atoms with E-state index in [1.165, 1.54) is 11.8 Å². The number of aromatic nitrogens is 3. The zero-order chi connectivity index (χ0) is 17.4. The number of thioether (sulfide) groups is 1. The minimum absolute atomic E-state index is 0.401. The van der Waals surface area contributed by atoms with Gasteiger partial charge in [-0.1, -0.05) is 65.3 Å². The largest absolute Gasteiger partial charge is 0.448 e. The molecule has 1 aliphatic heterocycles. The molecule has 1 aromatic heterocycles. The van der Waals surface area contributed by atoms with Crippen LogP contribution < -0.4 is 10.1 Å². The number of hydrogen-bond acceptors (Lipinski definition) is 6. The molecule has 1 aliphatic rings. The Balaban J connectivity index is 1.89. The van der Waals surface area contributed by atoms with E-state index in [0.29, 0.717) is 26.8 Å². The monoisotopic (exact) mass is 390 g/mol. The van der Waals surface area contributed by atoms with Gasteiger partial charge in [-0.3, -0.25) is 0 Å². The van der Waals surface area contributed by atoms with Crippen molar-refractivity contribution in [2.24, 2.45) is 0 Å². The predicted molar refractivity (Wildman–Crippen MR) is 100 cm³/mol. The van der Waals surface area contributed by atoms with E-state index < -0.39 is 6.23 Å². The molecule has 2 aromatic carbocycles. The van der Waals surface area contributed by atoms with Crippen molar-refractivity contribution in [3.8, 4) is 17.1 Å². The van der Waals surface area contributed by atoms with E-state index in [-0.39, 0.29) is 0 Å². The summed E-state index contributed by atoms with van der Waals surface area (Å²) in [6.07, 6.45) is 1.33. The molecule has 4 rings (SSSR count). The third-order valence-electron chi connectivity index (χ3n) is 3.78. The SMILES string of the molecule is CSc1nnc2c(n1)OC(c1cccc(Cl)c1Cl)Nc1ccccc1-2. The van der Waals surface area contributed by atoms with E-state index in [2.05, 4.69) is 20.5 Å². The molecule has 1 atom stereocenters. The van der Waals surface area contributed by atoms with Crippen molar-refractivity contribution in [3.05, 3.63) is 58.1 Å². The lowest BCUT2D eigenvalue weighted by atomic mass is 10.1. The Kier molecular flexibility index (Phi) is 4.41. The number of rotatable bonds is 2. The van der Waals surface area contributed by atoms with Crippen molar-refractivity contribution < 1.29 is 4.74 Å². The maximum absolute atomic E-state index is 6.39. The molecule has 126 valence electrons. The first-order chi connectivity index (χ1) is 12.2. The lowest BCUT2D eigenvalue weighted by Gasteiger charge is -2.20. The van der Waals surface area contributed by atoms with E-state index in [1.807, 2.05) is 42.7 Å². The Morgan fingerprint density at radius 1 is 1.08 bits per heavy atom. The van der Waals surface area contributed by atoms with Gasteiger partial charge in [0, 0.05) is 16.8 Å². The number of ether oxygens (including phenoxy) is 1. The van der Waals surface area contributed by atoms with Gasteiger partial charge in [0.05, 0.1) is 10.0 Å². The van der Waals surface area contributed by atoms with Crippen LogP contribution in [0.4, 0.5) is 5.69 Å². The summed E-state index contributed by atoms with van der Waals surface area (Å²) < 4.78 is 6.12. The highest BCUT2D eigenvalue weighted by Gasteiger charge is 2.27. The third-order valence-corrected chi connectivity index (χ3v) is 5.15. The molecule has 3 aromatic rings. The minimum Gasteiger partial charge on any atom is -0.448 e. The number of halogens is 2. The Labute approximate surface area is 158 Å². The molecule has 25 heavy (non-hydrogen) atoms. The van der Waals surface area contributed by atoms with Gasteiger partial charge in [0.2, 0.25) is 11.0 Å². The molecule has 1 N–H and O–H groups in total. The number of nitrogens with zero attached hydrogens (tertiary/aromatic N) is 3. The molecule has 5 nitrogen and oxygen atoms in total. The van der Waals surface area contributed by atoms with E-state index in [4.69, 9.17) is 27.9 Å². The smallest absolute Gasteiger partial charge is 0.247 e. The Hall–Kier alpha value is -2.02. The fourth-order valence-electron chi connectivity index (χ4n) is 2.60. The van der Waals surface area contributed by atoms with Gasteiger partial charge in [0.15, 0.2) is 11.9 Å². The van der Waals surface area contributed by atoms with Crippen LogP contribution in [-0.4, -0.2) is 21.4 Å². The number of anilines is 1. The van der Waals surface area contributed by atoms with Crippen LogP contribution in [0.15, 0.2) is 47.6 Å². The van der Waals surface area contributed by atoms with E-state index in [0.717, 1.165) is 16.8 Å². The number of para-hydroxylation sites is 1. The minimum atomic E-state index is -0.556. The zero-order valence-electron chi connectivity index (χ0n) is 13.0. The van der Waals surface area contributed by atoms with Crippen molar-refractivity contribution in [1.82, 2.24) is 15.2 Å². The Bertz CT molecular complexity index is 954. The molecule has 0 aliphatic carbocycles. The maximum Gasteiger partial charge on any atom is 0.247 e. The summed E-state index contributed by atoms with van der Waals surface area (Å²) in [7, 11) is 0. The molecule has 0 spiro atoms. The Morgan fingerprint density at radius 3 is 2.76 bits per heavy atom. The van der Waals surface area contributed by atoms with Crippen molar-refractivity contribution >= 4 is 40.7 Å². The van der Waals surface area contributed by atoms with Crippen molar-refractivity contribution in [2.75, 3.05) is 11.6 Å². The first-order valence-corrected chi connectivity index (χ1v) is 9.40. The summed E-state index contributed by atoms with van der Waals surface area (Å²) in [5.41, 5.74) is 3.03. The lowest BCUT2D eigenvalue weighted by Crippen LogP contribution is -2.17. The lowest BCUT2D eigenvalue weighted by molar-refractivity contribution is 0.225. The molecule has 0 saturated heterocycles. The summed E-state index contributed by atoms with van der Waals surface area (Å²) in [6.45, 7) is 0. The summed E-state index contributed by atoms with van der Waals surface area (Å²) in [4.78, 5) is 4.47. The molecular formula is C17H12Cl2N4OS. The van der Waals surface area contributed by atoms with Gasteiger partial charge in [-0.25, -0.2) is 0 Å². The number of benzene rings is 2. The summed E-state index contributed by atoms with van der Waals surface area (Å²) in [6, 6.07) is 13.2. The Morgan fingerprint density at radius 2 is 1.92 bits per heavy atom. The zero-order valence-corrected chi connectivity index (χ0v) is 15.4. The molecular weight excluding hydrogens is 379 g/mol. The van der Waals surface area contributed by atoms with Gasteiger partial charge < -0.3 is 10.1 Å². The van der Waals surface area contributed by atoms with Gasteiger partial charge in [-0.15, -0.1) is 10.2 Å². The fraction of sp³-hybridized carbons (Fsp3) is 0.118. The van der Waals surface area contributed by atoms with Gasteiger partial charge >= 0.3 is 0 Å². The quantitative estimate of drug-likeness (QED) is 0.616. The molecule has 2 heterocycles. The maximum atomic E-state index is 6.39. The molecule has 0 saturated carbocycles. The number of fused-ring (bicyclic) bond motifs is 3. The highest BCUT2D eigenvalue weighted by molar-refractivity contribution is 7.98. The van der Waals surface area contributed by atoms with E-state index >= 15 is 0 Å². The van der Waals surface area contributed by atoms with Crippen LogP contribution in [0, 0.1) is 0 Å². The van der Waals surface area contributed by atoms with Crippen LogP contribution in [0.2, 0.25) is 10.0 Å². The van der Waals surface area contributed by atoms with Crippen LogP contribution in [0.5, 0.6) is 5.88 Å². The van der Waals surface area contributed by atoms with Crippen LogP contribution in [0.3, 0.4) is 0 Å². The normalized spacial score (nSPS) is 15.4. The number of nitrogens with one attached hydrogen (secondary N) is 1. The van der Waals surface area contributed by atoms with Gasteiger partial charge in [0.25, 0.3) is 0 Å². The summed E-state index contributed by atoms with van der Waals surface area (Å²) in [5, 5.41) is 13.2. The first kappa shape index (κ1) is 16.4. The second kappa shape index (κ2) is 6.71. The van der Waals surface area contributed by atoms with Crippen LogP contribution in [-0.2, 0) is 0 Å². The molecule has 0 bridgehead atoms. The van der Waals surface area contributed by atoms with Crippen molar-refractivity contribution in [2.45, 2.75) is 11.4 Å². The van der Waals surface area contributed by atoms with E-state index in [9.17, 15) is 0 Å². The summed E-state index contributed by atoms with van der Waals surface area (Å²) in [5.74, 6) is 0.401. The van der Waals surface area contributed by atoms with Gasteiger partial charge in [0.1, 0.15) is 0 Å². The molecule has 8 heteroatoms. The first-order valence-electron chi connectivity index (χ1n) is 7.42. The van der Waals surface area contributed by atoms with Crippen LogP contribution in [0.25, 0.3) is 11.3 Å². The highest BCUT2D eigenvalue weighted by Crippen LogP contribution is 2.41. The molecule has 0 amide bonds. The average molecular weight is 391 g/mol. The molecule has 0 radical (unpaired) electrons. The number of hydrogen-bond donors (Lipinski definition) is 1. The fourth-order valence-corrected chi connectivity index (χ4v) is 3.30. The van der Waals surface area contributed by atoms with Crippen LogP contribution in [0.1, 0.15) is 11.8 Å². The van der Waals surface area contributed by atoms with Gasteiger partial charge in [-0.2, -0.15) is 4.98 Å². The second-order valence-electron chi connectivity index (χ2n) is 5.28. The second-order valence-corrected chi connectivity index (χ2v) is 6.84. The standard InChI is InChI=1S/C17H12Cl2N4OS/c1-25-17-21-16-14(22-23-17)9-5-2-3-8-12(9)20-15(24-16)10-6-4-7-11(18)13(10)19/h2-8,15,20H,1H3. The predicted octanol–water partition coefficient (Wildman–Crippen LogP) is 5.07. The van der Waals surface area contributed by atoms with Crippen LogP contribution >= 0.6 is 35.0 Å². The topological polar surface area (TPSA) is 59.9 Å². The average Bonchev–Trinajstić information content (AvgIpc) is 2.80. The highest BCUT2D eigenvalue weighted by atomic mass is 35.5. The van der Waals surface area contributed by atoms with Crippen molar-refractivity contribution in [3.63, 3.8) is 0 Å². The molecule has 0 fully saturated rings. The van der Waals surface area contributed by atoms with E-state index in [1.54, 1.807) is 6.07 Å². The summed E-state index contributed by atoms with van der Waals surface area (Å²) >= 11 is 14.0.